The van der Waals surface area contributed by atoms with Gasteiger partial charge in [0.25, 0.3) is 0 Å². The maximum absolute atomic E-state index is 11.4. The van der Waals surface area contributed by atoms with Gasteiger partial charge in [-0.2, -0.15) is 13.2 Å². The van der Waals surface area contributed by atoms with Crippen LogP contribution in [0.25, 0.3) is 0 Å². The second kappa shape index (κ2) is 3.86. The molecule has 0 spiro atoms. The molecule has 0 unspecified atom stereocenters. The third kappa shape index (κ3) is 10.4. The van der Waals surface area contributed by atoms with Crippen LogP contribution >= 0.6 is 22.4 Å². The fourth-order valence-electron chi connectivity index (χ4n) is 0.257. The van der Waals surface area contributed by atoms with Crippen molar-refractivity contribution in [2.45, 2.75) is 5.51 Å². The molecule has 0 aromatic heterocycles. The number of halogens is 4. The molecule has 0 saturated heterocycles. The molecule has 0 N–H and O–H groups in total. The summed E-state index contributed by atoms with van der Waals surface area (Å²) in [5.74, 6) is -1.23. The van der Waals surface area contributed by atoms with Crippen LogP contribution in [0.3, 0.4) is 0 Å². The summed E-state index contributed by atoms with van der Waals surface area (Å²) in [6, 6.07) is 0. The number of thioether (sulfide) groups is 1. The molecular weight excluding hydrogens is 225 g/mol. The summed E-state index contributed by atoms with van der Waals surface area (Å²) in [4.78, 5) is 0. The summed E-state index contributed by atoms with van der Waals surface area (Å²) in [7, 11) is 0.858. The van der Waals surface area contributed by atoms with Crippen LogP contribution < -0.4 is 0 Å². The van der Waals surface area contributed by atoms with E-state index in [2.05, 4.69) is 10.7 Å². The molecule has 0 aliphatic heterocycles. The van der Waals surface area contributed by atoms with E-state index in [-0.39, 0.29) is 0 Å². The van der Waals surface area contributed by atoms with Crippen LogP contribution in [0.1, 0.15) is 0 Å². The van der Waals surface area contributed by atoms with Crippen LogP contribution in [0.2, 0.25) is 0 Å². The quantitative estimate of drug-likeness (QED) is 0.691. The Bertz CT molecular complexity index is 209. The summed E-state index contributed by atoms with van der Waals surface area (Å²) < 4.78 is 54.3. The Morgan fingerprint density at radius 1 is 1.36 bits per heavy atom. The first-order valence-corrected chi connectivity index (χ1v) is 5.80. The van der Waals surface area contributed by atoms with Gasteiger partial charge in [-0.1, -0.05) is 0 Å². The predicted molar refractivity (Wildman–Crippen MR) is 38.2 cm³/mol. The van der Waals surface area contributed by atoms with Crippen LogP contribution in [-0.4, -0.2) is 25.4 Å². The summed E-state index contributed by atoms with van der Waals surface area (Å²) in [5, 5.41) is 0. The molecule has 0 heterocycles. The SMILES string of the molecule is O=S(=O)(Cl)CCSC(F)(F)F. The monoisotopic (exact) mass is 228 g/mol. The van der Waals surface area contributed by atoms with Gasteiger partial charge in [0.05, 0.1) is 5.75 Å². The summed E-state index contributed by atoms with van der Waals surface area (Å²) in [6.07, 6.45) is 0. The standard InChI is InChI=1S/C3H4ClF3O2S2/c4-11(8,9)2-1-10-3(5,6)7/h1-2H2. The van der Waals surface area contributed by atoms with Gasteiger partial charge in [-0.25, -0.2) is 8.42 Å². The minimum atomic E-state index is -4.39. The molecule has 0 atom stereocenters. The van der Waals surface area contributed by atoms with Crippen molar-refractivity contribution in [1.29, 1.82) is 0 Å². The first-order chi connectivity index (χ1) is 4.71. The van der Waals surface area contributed by atoms with E-state index in [1.165, 1.54) is 0 Å². The van der Waals surface area contributed by atoms with Gasteiger partial charge < -0.3 is 0 Å². The molecule has 2 nitrogen and oxygen atoms in total. The zero-order valence-electron chi connectivity index (χ0n) is 5.06. The van der Waals surface area contributed by atoms with Gasteiger partial charge in [0.1, 0.15) is 0 Å². The molecule has 11 heavy (non-hydrogen) atoms. The number of hydrogen-bond donors (Lipinski definition) is 0. The number of rotatable bonds is 3. The van der Waals surface area contributed by atoms with Crippen LogP contribution in [0.15, 0.2) is 0 Å². The maximum atomic E-state index is 11.4. The molecule has 0 radical (unpaired) electrons. The van der Waals surface area contributed by atoms with Crippen molar-refractivity contribution in [3.8, 4) is 0 Å². The van der Waals surface area contributed by atoms with Gasteiger partial charge >= 0.3 is 5.51 Å². The van der Waals surface area contributed by atoms with Gasteiger partial charge in [-0.3, -0.25) is 0 Å². The van der Waals surface area contributed by atoms with E-state index in [4.69, 9.17) is 0 Å². The fraction of sp³-hybridized carbons (Fsp3) is 1.00. The Morgan fingerprint density at radius 2 is 1.82 bits per heavy atom. The van der Waals surface area contributed by atoms with Crippen molar-refractivity contribution < 1.29 is 21.6 Å². The Morgan fingerprint density at radius 3 is 2.09 bits per heavy atom. The maximum Gasteiger partial charge on any atom is 0.441 e. The Balaban J connectivity index is 3.61. The first kappa shape index (κ1) is 11.4. The zero-order valence-corrected chi connectivity index (χ0v) is 7.45. The number of hydrogen-bond acceptors (Lipinski definition) is 3. The summed E-state index contributed by atoms with van der Waals surface area (Å²) >= 11 is -0.403. The van der Waals surface area contributed by atoms with Crippen molar-refractivity contribution >= 4 is 31.5 Å². The highest BCUT2D eigenvalue weighted by molar-refractivity contribution is 8.14. The zero-order chi connectivity index (χ0) is 9.12. The molecular formula is C3H4ClF3O2S2. The predicted octanol–water partition coefficient (Wildman–Crippen LogP) is 1.81. The van der Waals surface area contributed by atoms with Gasteiger partial charge in [0, 0.05) is 16.4 Å². The molecule has 0 aliphatic rings. The van der Waals surface area contributed by atoms with Crippen molar-refractivity contribution in [2.24, 2.45) is 0 Å². The van der Waals surface area contributed by atoms with Crippen molar-refractivity contribution in [2.75, 3.05) is 11.5 Å². The van der Waals surface area contributed by atoms with Crippen LogP contribution in [0.4, 0.5) is 13.2 Å². The minimum absolute atomic E-state index is 0.403. The van der Waals surface area contributed by atoms with E-state index < -0.39 is 37.8 Å². The molecule has 0 bridgehead atoms. The largest absolute Gasteiger partial charge is 0.441 e. The van der Waals surface area contributed by atoms with Gasteiger partial charge in [-0.05, 0) is 11.8 Å². The highest BCUT2D eigenvalue weighted by Gasteiger charge is 2.28. The lowest BCUT2D eigenvalue weighted by atomic mass is 11.0. The average molecular weight is 229 g/mol. The average Bonchev–Trinajstić information content (AvgIpc) is 1.55. The van der Waals surface area contributed by atoms with Crippen molar-refractivity contribution in [3.05, 3.63) is 0 Å². The number of alkyl halides is 3. The van der Waals surface area contributed by atoms with Crippen LogP contribution in [0, 0.1) is 0 Å². The van der Waals surface area contributed by atoms with E-state index in [0.29, 0.717) is 0 Å². The molecule has 0 saturated carbocycles. The van der Waals surface area contributed by atoms with E-state index in [0.717, 1.165) is 0 Å². The molecule has 0 aliphatic carbocycles. The lowest BCUT2D eigenvalue weighted by Gasteiger charge is -2.02. The van der Waals surface area contributed by atoms with E-state index >= 15 is 0 Å². The third-order valence-corrected chi connectivity index (χ3v) is 2.74. The highest BCUT2D eigenvalue weighted by Crippen LogP contribution is 2.30. The molecule has 0 rings (SSSR count). The van der Waals surface area contributed by atoms with Crippen molar-refractivity contribution in [3.63, 3.8) is 0 Å². The Kier molecular flexibility index (Phi) is 3.99. The fourth-order valence-corrected chi connectivity index (χ4v) is 2.18. The van der Waals surface area contributed by atoms with Crippen molar-refractivity contribution in [1.82, 2.24) is 0 Å². The molecule has 0 aromatic rings. The van der Waals surface area contributed by atoms with E-state index in [1.54, 1.807) is 0 Å². The molecule has 0 amide bonds. The van der Waals surface area contributed by atoms with Gasteiger partial charge in [0.15, 0.2) is 0 Å². The lowest BCUT2D eigenvalue weighted by Crippen LogP contribution is -2.07. The topological polar surface area (TPSA) is 34.1 Å². The second-order valence-electron chi connectivity index (χ2n) is 1.54. The normalized spacial score (nSPS) is 13.5. The van der Waals surface area contributed by atoms with E-state index in [1.807, 2.05) is 0 Å². The van der Waals surface area contributed by atoms with E-state index in [9.17, 15) is 21.6 Å². The Hall–Kier alpha value is 0.380. The smallest absolute Gasteiger partial charge is 0.212 e. The third-order valence-electron chi connectivity index (χ3n) is 0.593. The minimum Gasteiger partial charge on any atom is -0.212 e. The molecule has 8 heteroatoms. The first-order valence-electron chi connectivity index (χ1n) is 2.34. The molecule has 0 fully saturated rings. The summed E-state index contributed by atoms with van der Waals surface area (Å²) in [6.45, 7) is 0. The highest BCUT2D eigenvalue weighted by atomic mass is 35.7. The van der Waals surface area contributed by atoms with Gasteiger partial charge in [-0.15, -0.1) is 0 Å². The molecule has 68 valence electrons. The lowest BCUT2D eigenvalue weighted by molar-refractivity contribution is -0.0326. The van der Waals surface area contributed by atoms with Crippen LogP contribution in [-0.2, 0) is 9.05 Å². The van der Waals surface area contributed by atoms with Gasteiger partial charge in [0.2, 0.25) is 9.05 Å². The van der Waals surface area contributed by atoms with Crippen LogP contribution in [0.5, 0.6) is 0 Å². The second-order valence-corrected chi connectivity index (χ2v) is 5.59. The molecule has 0 aromatic carbocycles. The summed E-state index contributed by atoms with van der Waals surface area (Å²) in [5.41, 5.74) is -4.39. The Labute approximate surface area is 70.5 Å².